The van der Waals surface area contributed by atoms with Crippen molar-refractivity contribution in [2.45, 2.75) is 33.2 Å². The third-order valence-corrected chi connectivity index (χ3v) is 4.55. The van der Waals surface area contributed by atoms with Gasteiger partial charge in [0, 0.05) is 15.4 Å². The summed E-state index contributed by atoms with van der Waals surface area (Å²) in [6.45, 7) is 5.81. The number of halogens is 3. The third-order valence-electron chi connectivity index (χ3n) is 3.03. The zero-order chi connectivity index (χ0) is 14.0. The SMILES string of the molecule is CCCc1c(CNCC)oc2c(Cl)cc(Br)c(Cl)c12. The summed E-state index contributed by atoms with van der Waals surface area (Å²) in [7, 11) is 0. The summed E-state index contributed by atoms with van der Waals surface area (Å²) in [6.07, 6.45) is 1.97. The Hall–Kier alpha value is -0.220. The Labute approximate surface area is 131 Å². The van der Waals surface area contributed by atoms with Crippen LogP contribution in [-0.2, 0) is 13.0 Å². The minimum atomic E-state index is 0.589. The van der Waals surface area contributed by atoms with Gasteiger partial charge < -0.3 is 9.73 Å². The van der Waals surface area contributed by atoms with Crippen LogP contribution in [0.5, 0.6) is 0 Å². The third kappa shape index (κ3) is 2.94. The van der Waals surface area contributed by atoms with E-state index in [1.54, 1.807) is 6.07 Å². The fraction of sp³-hybridized carbons (Fsp3) is 0.429. The maximum Gasteiger partial charge on any atom is 0.154 e. The van der Waals surface area contributed by atoms with Crippen LogP contribution >= 0.6 is 39.1 Å². The van der Waals surface area contributed by atoms with Gasteiger partial charge in [-0.15, -0.1) is 0 Å². The molecule has 0 saturated heterocycles. The van der Waals surface area contributed by atoms with Crippen molar-refractivity contribution in [1.82, 2.24) is 5.32 Å². The largest absolute Gasteiger partial charge is 0.458 e. The maximum atomic E-state index is 6.40. The van der Waals surface area contributed by atoms with Crippen LogP contribution in [0.4, 0.5) is 0 Å². The first-order valence-electron chi connectivity index (χ1n) is 6.38. The molecule has 2 nitrogen and oxygen atoms in total. The van der Waals surface area contributed by atoms with E-state index in [2.05, 4.69) is 35.1 Å². The fourth-order valence-electron chi connectivity index (χ4n) is 2.17. The molecule has 0 bridgehead atoms. The Morgan fingerprint density at radius 1 is 1.32 bits per heavy atom. The number of aryl methyl sites for hydroxylation is 1. The second kappa shape index (κ2) is 6.49. The molecular weight excluding hydrogens is 349 g/mol. The molecule has 5 heteroatoms. The van der Waals surface area contributed by atoms with Crippen molar-refractivity contribution in [2.75, 3.05) is 6.54 Å². The van der Waals surface area contributed by atoms with E-state index in [4.69, 9.17) is 27.6 Å². The van der Waals surface area contributed by atoms with Crippen LogP contribution in [0.15, 0.2) is 15.0 Å². The van der Waals surface area contributed by atoms with Crippen LogP contribution in [0.2, 0.25) is 10.0 Å². The predicted molar refractivity (Wildman–Crippen MR) is 85.3 cm³/mol. The summed E-state index contributed by atoms with van der Waals surface area (Å²) in [5, 5.41) is 5.49. The molecule has 0 unspecified atom stereocenters. The summed E-state index contributed by atoms with van der Waals surface area (Å²) in [5.41, 5.74) is 1.85. The van der Waals surface area contributed by atoms with Crippen LogP contribution in [0.1, 0.15) is 31.6 Å². The molecule has 19 heavy (non-hydrogen) atoms. The van der Waals surface area contributed by atoms with Crippen molar-refractivity contribution in [3.8, 4) is 0 Å². The summed E-state index contributed by atoms with van der Waals surface area (Å²) >= 11 is 16.1. The Balaban J connectivity index is 2.66. The first-order valence-corrected chi connectivity index (χ1v) is 7.93. The molecule has 0 radical (unpaired) electrons. The van der Waals surface area contributed by atoms with Crippen molar-refractivity contribution >= 4 is 50.1 Å². The lowest BCUT2D eigenvalue weighted by molar-refractivity contribution is 0.513. The van der Waals surface area contributed by atoms with Gasteiger partial charge in [0.2, 0.25) is 0 Å². The maximum absolute atomic E-state index is 6.40. The van der Waals surface area contributed by atoms with Crippen molar-refractivity contribution in [3.63, 3.8) is 0 Å². The van der Waals surface area contributed by atoms with Gasteiger partial charge in [-0.25, -0.2) is 0 Å². The monoisotopic (exact) mass is 363 g/mol. The molecule has 0 aliphatic rings. The lowest BCUT2D eigenvalue weighted by atomic mass is 10.1. The number of hydrogen-bond acceptors (Lipinski definition) is 2. The molecule has 0 atom stereocenters. The van der Waals surface area contributed by atoms with E-state index in [1.807, 2.05) is 0 Å². The fourth-order valence-corrected chi connectivity index (χ4v) is 3.22. The van der Waals surface area contributed by atoms with Gasteiger partial charge in [0.1, 0.15) is 5.76 Å². The molecule has 0 aliphatic carbocycles. The Morgan fingerprint density at radius 2 is 2.05 bits per heavy atom. The molecule has 0 fully saturated rings. The van der Waals surface area contributed by atoms with Gasteiger partial charge in [-0.05, 0) is 35.0 Å². The van der Waals surface area contributed by atoms with E-state index in [0.717, 1.165) is 40.6 Å². The van der Waals surface area contributed by atoms with Crippen molar-refractivity contribution in [3.05, 3.63) is 31.9 Å². The quantitative estimate of drug-likeness (QED) is 0.702. The summed E-state index contributed by atoms with van der Waals surface area (Å²) in [4.78, 5) is 0. The second-order valence-electron chi connectivity index (χ2n) is 4.39. The second-order valence-corrected chi connectivity index (χ2v) is 6.03. The van der Waals surface area contributed by atoms with E-state index in [9.17, 15) is 0 Å². The average Bonchev–Trinajstić information content (AvgIpc) is 2.74. The van der Waals surface area contributed by atoms with Gasteiger partial charge >= 0.3 is 0 Å². The van der Waals surface area contributed by atoms with Gasteiger partial charge in [0.05, 0.1) is 16.6 Å². The van der Waals surface area contributed by atoms with Crippen LogP contribution in [-0.4, -0.2) is 6.54 Å². The number of furan rings is 1. The van der Waals surface area contributed by atoms with Crippen LogP contribution in [0, 0.1) is 0 Å². The van der Waals surface area contributed by atoms with Crippen LogP contribution in [0.25, 0.3) is 11.0 Å². The first kappa shape index (κ1) is 15.2. The molecule has 1 heterocycles. The Bertz CT molecular complexity index is 595. The van der Waals surface area contributed by atoms with Crippen molar-refractivity contribution in [1.29, 1.82) is 0 Å². The predicted octanol–water partition coefficient (Wildman–Crippen LogP) is 5.56. The number of rotatable bonds is 5. The molecule has 1 aromatic carbocycles. The number of fused-ring (bicyclic) bond motifs is 1. The zero-order valence-corrected chi connectivity index (χ0v) is 14.0. The van der Waals surface area contributed by atoms with E-state index >= 15 is 0 Å². The normalized spacial score (nSPS) is 11.4. The van der Waals surface area contributed by atoms with E-state index in [-0.39, 0.29) is 0 Å². The molecule has 0 amide bonds. The molecule has 2 rings (SSSR count). The van der Waals surface area contributed by atoms with Crippen molar-refractivity contribution < 1.29 is 4.42 Å². The number of benzene rings is 1. The van der Waals surface area contributed by atoms with Crippen molar-refractivity contribution in [2.24, 2.45) is 0 Å². The lowest BCUT2D eigenvalue weighted by Gasteiger charge is -2.03. The molecule has 0 aliphatic heterocycles. The Morgan fingerprint density at radius 3 is 2.68 bits per heavy atom. The molecule has 0 saturated carbocycles. The standard InChI is InChI=1S/C14H16BrCl2NO/c1-3-5-8-11(7-18-4-2)19-14-10(16)6-9(15)13(17)12(8)14/h6,18H,3-5,7H2,1-2H3. The highest BCUT2D eigenvalue weighted by Gasteiger charge is 2.20. The molecule has 104 valence electrons. The minimum Gasteiger partial charge on any atom is -0.458 e. The van der Waals surface area contributed by atoms with Gasteiger partial charge in [-0.3, -0.25) is 0 Å². The van der Waals surface area contributed by atoms with E-state index in [0.29, 0.717) is 22.2 Å². The van der Waals surface area contributed by atoms with Gasteiger partial charge in [-0.1, -0.05) is 43.5 Å². The molecule has 2 aromatic rings. The summed E-state index contributed by atoms with van der Waals surface area (Å²) < 4.78 is 6.73. The zero-order valence-electron chi connectivity index (χ0n) is 10.9. The summed E-state index contributed by atoms with van der Waals surface area (Å²) in [6, 6.07) is 1.78. The highest BCUT2D eigenvalue weighted by atomic mass is 79.9. The van der Waals surface area contributed by atoms with E-state index < -0.39 is 0 Å². The van der Waals surface area contributed by atoms with E-state index in [1.165, 1.54) is 0 Å². The van der Waals surface area contributed by atoms with Gasteiger partial charge in [0.15, 0.2) is 5.58 Å². The topological polar surface area (TPSA) is 25.2 Å². The first-order chi connectivity index (χ1) is 9.10. The Kier molecular flexibility index (Phi) is 5.18. The molecular formula is C14H16BrCl2NO. The minimum absolute atomic E-state index is 0.589. The van der Waals surface area contributed by atoms with Crippen LogP contribution in [0.3, 0.4) is 0 Å². The summed E-state index contributed by atoms with van der Waals surface area (Å²) in [5.74, 6) is 0.931. The number of nitrogens with one attached hydrogen (secondary N) is 1. The lowest BCUT2D eigenvalue weighted by Crippen LogP contribution is -2.12. The smallest absolute Gasteiger partial charge is 0.154 e. The highest BCUT2D eigenvalue weighted by molar-refractivity contribution is 9.10. The van der Waals surface area contributed by atoms with Crippen LogP contribution < -0.4 is 5.32 Å². The molecule has 1 aromatic heterocycles. The molecule has 0 spiro atoms. The van der Waals surface area contributed by atoms with Gasteiger partial charge in [-0.2, -0.15) is 0 Å². The number of hydrogen-bond donors (Lipinski definition) is 1. The highest BCUT2D eigenvalue weighted by Crippen LogP contribution is 2.41. The van der Waals surface area contributed by atoms with Gasteiger partial charge in [0.25, 0.3) is 0 Å². The molecule has 1 N–H and O–H groups in total. The average molecular weight is 365 g/mol.